The quantitative estimate of drug-likeness (QED) is 0.637. The molecule has 0 saturated carbocycles. The molecule has 1 aliphatic rings. The number of amides is 1. The minimum atomic E-state index is -0.0686. The number of likely N-dealkylation sites (tertiary alicyclic amines) is 1. The second-order valence-electron chi connectivity index (χ2n) is 7.97. The van der Waals surface area contributed by atoms with Crippen LogP contribution in [0.15, 0.2) is 60.8 Å². The zero-order valence-electron chi connectivity index (χ0n) is 17.2. The first kappa shape index (κ1) is 20.6. The molecule has 156 valence electrons. The van der Waals surface area contributed by atoms with Crippen molar-refractivity contribution in [2.45, 2.75) is 26.3 Å². The number of halogens is 1. The molecule has 4 rings (SSSR count). The van der Waals surface area contributed by atoms with E-state index >= 15 is 0 Å². The molecule has 0 bridgehead atoms. The Morgan fingerprint density at radius 3 is 2.83 bits per heavy atom. The SMILES string of the molecule is Cc1c(C(=O)NC[C@@H]2CCCN(Cc3ccccc3)C2)cnn1-c1cccc(Cl)c1. The van der Waals surface area contributed by atoms with Gasteiger partial charge >= 0.3 is 0 Å². The van der Waals surface area contributed by atoms with E-state index in [1.807, 2.05) is 31.2 Å². The Labute approximate surface area is 182 Å². The molecule has 1 atom stereocenters. The molecule has 1 aliphatic heterocycles. The van der Waals surface area contributed by atoms with Crippen molar-refractivity contribution in [3.05, 3.63) is 82.6 Å². The lowest BCUT2D eigenvalue weighted by molar-refractivity contribution is 0.0930. The van der Waals surface area contributed by atoms with Crippen LogP contribution in [0.3, 0.4) is 0 Å². The highest BCUT2D eigenvalue weighted by Gasteiger charge is 2.22. The molecule has 1 N–H and O–H groups in total. The highest BCUT2D eigenvalue weighted by Crippen LogP contribution is 2.20. The maximum atomic E-state index is 12.8. The van der Waals surface area contributed by atoms with Gasteiger partial charge in [-0.3, -0.25) is 9.69 Å². The number of hydrogen-bond donors (Lipinski definition) is 1. The molecule has 2 aromatic carbocycles. The van der Waals surface area contributed by atoms with Crippen LogP contribution in [0.2, 0.25) is 5.02 Å². The standard InChI is InChI=1S/C24H27ClN4O/c1-18-23(15-27-29(18)22-11-5-10-21(25)13-22)24(30)26-14-20-9-6-12-28(17-20)16-19-7-3-2-4-8-19/h2-5,7-8,10-11,13,15,20H,6,9,12,14,16-17H2,1H3,(H,26,30)/t20-/m0/s1. The molecule has 5 nitrogen and oxygen atoms in total. The van der Waals surface area contributed by atoms with Crippen LogP contribution in [0.4, 0.5) is 0 Å². The molecule has 6 heteroatoms. The van der Waals surface area contributed by atoms with Gasteiger partial charge in [-0.2, -0.15) is 5.10 Å². The van der Waals surface area contributed by atoms with Crippen LogP contribution in [-0.4, -0.2) is 40.2 Å². The first-order valence-electron chi connectivity index (χ1n) is 10.4. The van der Waals surface area contributed by atoms with Crippen molar-refractivity contribution in [3.8, 4) is 5.69 Å². The first-order chi connectivity index (χ1) is 14.6. The van der Waals surface area contributed by atoms with Crippen molar-refractivity contribution in [2.24, 2.45) is 5.92 Å². The molecule has 2 heterocycles. The van der Waals surface area contributed by atoms with Gasteiger partial charge in [0.1, 0.15) is 0 Å². The van der Waals surface area contributed by atoms with E-state index < -0.39 is 0 Å². The minimum Gasteiger partial charge on any atom is -0.352 e. The van der Waals surface area contributed by atoms with Gasteiger partial charge in [0.05, 0.1) is 23.1 Å². The fraction of sp³-hybridized carbons (Fsp3) is 0.333. The Bertz CT molecular complexity index is 1000. The molecule has 0 aliphatic carbocycles. The number of rotatable bonds is 6. The lowest BCUT2D eigenvalue weighted by Crippen LogP contribution is -2.40. The van der Waals surface area contributed by atoms with E-state index in [1.165, 1.54) is 12.0 Å². The summed E-state index contributed by atoms with van der Waals surface area (Å²) >= 11 is 6.09. The van der Waals surface area contributed by atoms with Gasteiger partial charge in [0.2, 0.25) is 0 Å². The van der Waals surface area contributed by atoms with Gasteiger partial charge in [0, 0.05) is 24.7 Å². The van der Waals surface area contributed by atoms with E-state index in [-0.39, 0.29) is 5.91 Å². The van der Waals surface area contributed by atoms with Crippen LogP contribution in [0.5, 0.6) is 0 Å². The molecule has 0 spiro atoms. The van der Waals surface area contributed by atoms with Crippen molar-refractivity contribution in [1.82, 2.24) is 20.0 Å². The van der Waals surface area contributed by atoms with E-state index in [0.717, 1.165) is 37.4 Å². The Morgan fingerprint density at radius 2 is 2.03 bits per heavy atom. The summed E-state index contributed by atoms with van der Waals surface area (Å²) in [6.07, 6.45) is 3.94. The Hall–Kier alpha value is -2.63. The number of nitrogens with one attached hydrogen (secondary N) is 1. The molecule has 1 amide bonds. The molecule has 1 saturated heterocycles. The van der Waals surface area contributed by atoms with Gasteiger partial charge in [-0.25, -0.2) is 4.68 Å². The van der Waals surface area contributed by atoms with E-state index in [4.69, 9.17) is 11.6 Å². The van der Waals surface area contributed by atoms with Gasteiger partial charge < -0.3 is 5.32 Å². The van der Waals surface area contributed by atoms with Crippen LogP contribution in [0.1, 0.15) is 34.5 Å². The molecule has 1 aromatic heterocycles. The van der Waals surface area contributed by atoms with Gasteiger partial charge in [-0.1, -0.05) is 48.0 Å². The average molecular weight is 423 g/mol. The largest absolute Gasteiger partial charge is 0.352 e. The van der Waals surface area contributed by atoms with E-state index in [2.05, 4.69) is 45.6 Å². The highest BCUT2D eigenvalue weighted by molar-refractivity contribution is 6.30. The van der Waals surface area contributed by atoms with Crippen molar-refractivity contribution >= 4 is 17.5 Å². The summed E-state index contributed by atoms with van der Waals surface area (Å²) < 4.78 is 1.75. The molecule has 30 heavy (non-hydrogen) atoms. The summed E-state index contributed by atoms with van der Waals surface area (Å²) in [5.41, 5.74) is 3.60. The lowest BCUT2D eigenvalue weighted by atomic mass is 9.97. The van der Waals surface area contributed by atoms with E-state index in [0.29, 0.717) is 23.0 Å². The van der Waals surface area contributed by atoms with Crippen LogP contribution < -0.4 is 5.32 Å². The van der Waals surface area contributed by atoms with Gasteiger partial charge in [0.25, 0.3) is 5.91 Å². The van der Waals surface area contributed by atoms with Crippen LogP contribution in [0.25, 0.3) is 5.69 Å². The van der Waals surface area contributed by atoms with Gasteiger partial charge in [-0.05, 0) is 56.0 Å². The van der Waals surface area contributed by atoms with Crippen molar-refractivity contribution in [2.75, 3.05) is 19.6 Å². The zero-order valence-corrected chi connectivity index (χ0v) is 18.0. The topological polar surface area (TPSA) is 50.2 Å². The molecular weight excluding hydrogens is 396 g/mol. The number of piperidine rings is 1. The maximum Gasteiger partial charge on any atom is 0.254 e. The van der Waals surface area contributed by atoms with Crippen molar-refractivity contribution in [3.63, 3.8) is 0 Å². The summed E-state index contributed by atoms with van der Waals surface area (Å²) in [5, 5.41) is 8.16. The summed E-state index contributed by atoms with van der Waals surface area (Å²) in [6, 6.07) is 18.0. The molecular formula is C24H27ClN4O. The van der Waals surface area contributed by atoms with E-state index in [9.17, 15) is 4.79 Å². The van der Waals surface area contributed by atoms with Crippen LogP contribution in [-0.2, 0) is 6.54 Å². The Kier molecular flexibility index (Phi) is 6.50. The molecule has 3 aromatic rings. The number of aromatic nitrogens is 2. The highest BCUT2D eigenvalue weighted by atomic mass is 35.5. The van der Waals surface area contributed by atoms with Crippen molar-refractivity contribution < 1.29 is 4.79 Å². The fourth-order valence-electron chi connectivity index (χ4n) is 4.14. The normalized spacial score (nSPS) is 17.1. The predicted molar refractivity (Wildman–Crippen MR) is 120 cm³/mol. The number of nitrogens with zero attached hydrogens (tertiary/aromatic N) is 3. The summed E-state index contributed by atoms with van der Waals surface area (Å²) in [4.78, 5) is 15.3. The summed E-state index contributed by atoms with van der Waals surface area (Å²) in [5.74, 6) is 0.399. The Balaban J connectivity index is 1.34. The fourth-order valence-corrected chi connectivity index (χ4v) is 4.32. The first-order valence-corrected chi connectivity index (χ1v) is 10.8. The lowest BCUT2D eigenvalue weighted by Gasteiger charge is -2.32. The molecule has 0 radical (unpaired) electrons. The zero-order chi connectivity index (χ0) is 20.9. The van der Waals surface area contributed by atoms with Gasteiger partial charge in [-0.15, -0.1) is 0 Å². The maximum absolute atomic E-state index is 12.8. The second-order valence-corrected chi connectivity index (χ2v) is 8.41. The molecule has 1 fully saturated rings. The van der Waals surface area contributed by atoms with Crippen LogP contribution >= 0.6 is 11.6 Å². The third-order valence-electron chi connectivity index (χ3n) is 5.71. The van der Waals surface area contributed by atoms with Crippen LogP contribution in [0, 0.1) is 12.8 Å². The second kappa shape index (κ2) is 9.45. The van der Waals surface area contributed by atoms with Gasteiger partial charge in [0.15, 0.2) is 0 Å². The minimum absolute atomic E-state index is 0.0686. The average Bonchev–Trinajstić information content (AvgIpc) is 3.14. The monoisotopic (exact) mass is 422 g/mol. The molecule has 0 unspecified atom stereocenters. The smallest absolute Gasteiger partial charge is 0.254 e. The third kappa shape index (κ3) is 4.91. The van der Waals surface area contributed by atoms with E-state index in [1.54, 1.807) is 10.9 Å². The predicted octanol–water partition coefficient (Wildman–Crippen LogP) is 4.48. The summed E-state index contributed by atoms with van der Waals surface area (Å²) in [7, 11) is 0. The number of carbonyl (C=O) groups is 1. The summed E-state index contributed by atoms with van der Waals surface area (Å²) in [6.45, 7) is 5.69. The number of carbonyl (C=O) groups excluding carboxylic acids is 1. The number of hydrogen-bond acceptors (Lipinski definition) is 3. The Morgan fingerprint density at radius 1 is 1.20 bits per heavy atom. The third-order valence-corrected chi connectivity index (χ3v) is 5.95. The van der Waals surface area contributed by atoms with Crippen molar-refractivity contribution in [1.29, 1.82) is 0 Å². The number of benzene rings is 2.